The highest BCUT2D eigenvalue weighted by Gasteiger charge is 2.27. The summed E-state index contributed by atoms with van der Waals surface area (Å²) >= 11 is 0. The van der Waals surface area contributed by atoms with E-state index in [1.807, 2.05) is 18.2 Å². The molecule has 3 aromatic rings. The molecule has 1 saturated heterocycles. The third kappa shape index (κ3) is 4.04. The normalized spacial score (nSPS) is 16.4. The van der Waals surface area contributed by atoms with Gasteiger partial charge in [0.15, 0.2) is 0 Å². The van der Waals surface area contributed by atoms with Crippen LogP contribution in [0, 0.1) is 16.0 Å². The predicted octanol–water partition coefficient (Wildman–Crippen LogP) is 3.49. The summed E-state index contributed by atoms with van der Waals surface area (Å²) in [5.74, 6) is 0.719. The van der Waals surface area contributed by atoms with Crippen LogP contribution in [0.4, 0.5) is 11.5 Å². The molecule has 30 heavy (non-hydrogen) atoms. The van der Waals surface area contributed by atoms with E-state index in [1.54, 1.807) is 18.2 Å². The van der Waals surface area contributed by atoms with Gasteiger partial charge in [-0.3, -0.25) is 24.2 Å². The lowest BCUT2D eigenvalue weighted by Gasteiger charge is -2.37. The largest absolute Gasteiger partial charge is 0.376 e. The Labute approximate surface area is 174 Å². The number of nitrogens with one attached hydrogen (secondary N) is 1. The zero-order valence-electron chi connectivity index (χ0n) is 16.9. The first-order valence-corrected chi connectivity index (χ1v) is 10.2. The number of hydrogen-bond donors (Lipinski definition) is 1. The second kappa shape index (κ2) is 8.62. The van der Waals surface area contributed by atoms with Crippen molar-refractivity contribution in [3.63, 3.8) is 0 Å². The van der Waals surface area contributed by atoms with Crippen LogP contribution in [0.3, 0.4) is 0 Å². The van der Waals surface area contributed by atoms with E-state index in [2.05, 4.69) is 34.3 Å². The van der Waals surface area contributed by atoms with Gasteiger partial charge in [-0.05, 0) is 49.5 Å². The first kappa shape index (κ1) is 20.0. The van der Waals surface area contributed by atoms with E-state index in [4.69, 9.17) is 0 Å². The van der Waals surface area contributed by atoms with E-state index in [9.17, 15) is 14.9 Å². The van der Waals surface area contributed by atoms with Crippen LogP contribution in [0.1, 0.15) is 31.4 Å². The molecule has 1 atom stereocenters. The van der Waals surface area contributed by atoms with Gasteiger partial charge in [-0.15, -0.1) is 0 Å². The Morgan fingerprint density at radius 2 is 1.87 bits per heavy atom. The van der Waals surface area contributed by atoms with Crippen LogP contribution in [0.5, 0.6) is 0 Å². The number of piperidine rings is 1. The molecule has 2 aromatic heterocycles. The molecule has 1 N–H and O–H groups in total. The zero-order chi connectivity index (χ0) is 21.1. The maximum absolute atomic E-state index is 12.7. The number of nitrogens with zero attached hydrogens (tertiary/aromatic N) is 4. The molecule has 3 heterocycles. The van der Waals surface area contributed by atoms with Crippen LogP contribution in [0.25, 0.3) is 5.65 Å². The summed E-state index contributed by atoms with van der Waals surface area (Å²) in [4.78, 5) is 30.4. The molecule has 1 aromatic carbocycles. The van der Waals surface area contributed by atoms with Crippen molar-refractivity contribution in [3.8, 4) is 0 Å². The molecule has 1 unspecified atom stereocenters. The minimum absolute atomic E-state index is 0.0162. The van der Waals surface area contributed by atoms with Crippen LogP contribution in [-0.4, -0.2) is 38.8 Å². The number of fused-ring (bicyclic) bond motifs is 1. The van der Waals surface area contributed by atoms with Crippen LogP contribution < -0.4 is 10.9 Å². The predicted molar refractivity (Wildman–Crippen MR) is 116 cm³/mol. The SMILES string of the molecule is CC1CCN(C(CNc2nc3ccccn3c(=O)c2[N+](=O)[O-])c2ccccc2)CC1. The fourth-order valence-corrected chi connectivity index (χ4v) is 4.03. The number of aromatic nitrogens is 2. The van der Waals surface area contributed by atoms with Crippen molar-refractivity contribution in [2.75, 3.05) is 25.0 Å². The lowest BCUT2D eigenvalue weighted by Crippen LogP contribution is -2.39. The van der Waals surface area contributed by atoms with Gasteiger partial charge in [0.2, 0.25) is 5.82 Å². The second-order valence-corrected chi connectivity index (χ2v) is 7.83. The molecule has 8 heteroatoms. The Balaban J connectivity index is 1.66. The number of likely N-dealkylation sites (tertiary alicyclic amines) is 1. The van der Waals surface area contributed by atoms with E-state index in [0.29, 0.717) is 18.1 Å². The molecule has 0 bridgehead atoms. The maximum atomic E-state index is 12.7. The summed E-state index contributed by atoms with van der Waals surface area (Å²) in [7, 11) is 0. The van der Waals surface area contributed by atoms with E-state index < -0.39 is 16.2 Å². The third-order valence-electron chi connectivity index (χ3n) is 5.80. The Hall–Kier alpha value is -3.26. The second-order valence-electron chi connectivity index (χ2n) is 7.83. The third-order valence-corrected chi connectivity index (χ3v) is 5.80. The number of benzene rings is 1. The topological polar surface area (TPSA) is 92.8 Å². The minimum atomic E-state index is -0.684. The van der Waals surface area contributed by atoms with Crippen molar-refractivity contribution in [2.24, 2.45) is 5.92 Å². The number of rotatable bonds is 6. The summed E-state index contributed by atoms with van der Waals surface area (Å²) in [6, 6.07) is 15.2. The van der Waals surface area contributed by atoms with Crippen molar-refractivity contribution in [2.45, 2.75) is 25.8 Å². The van der Waals surface area contributed by atoms with Gasteiger partial charge in [0, 0.05) is 12.7 Å². The number of nitro groups is 1. The van der Waals surface area contributed by atoms with Crippen molar-refractivity contribution < 1.29 is 4.92 Å². The standard InChI is InChI=1S/C22H25N5O3/c1-16-10-13-25(14-11-16)18(17-7-3-2-4-8-17)15-23-21-20(27(29)30)22(28)26-12-6-5-9-19(26)24-21/h2-9,12,16,18,23H,10-11,13-15H2,1H3. The quantitative estimate of drug-likeness (QED) is 0.497. The maximum Gasteiger partial charge on any atom is 0.376 e. The van der Waals surface area contributed by atoms with E-state index in [1.165, 1.54) is 10.6 Å². The van der Waals surface area contributed by atoms with Gasteiger partial charge in [-0.2, -0.15) is 0 Å². The van der Waals surface area contributed by atoms with Crippen LogP contribution in [0.15, 0.2) is 59.5 Å². The van der Waals surface area contributed by atoms with Gasteiger partial charge >= 0.3 is 11.2 Å². The van der Waals surface area contributed by atoms with Crippen molar-refractivity contribution in [1.29, 1.82) is 0 Å². The van der Waals surface area contributed by atoms with Crippen LogP contribution >= 0.6 is 0 Å². The van der Waals surface area contributed by atoms with Crippen molar-refractivity contribution >= 4 is 17.2 Å². The van der Waals surface area contributed by atoms with Gasteiger partial charge in [-0.1, -0.05) is 43.3 Å². The monoisotopic (exact) mass is 407 g/mol. The summed E-state index contributed by atoms with van der Waals surface area (Å²) in [5.41, 5.74) is 0.298. The average molecular weight is 407 g/mol. The first-order chi connectivity index (χ1) is 14.5. The molecule has 1 aliphatic rings. The molecule has 0 saturated carbocycles. The smallest absolute Gasteiger partial charge is 0.362 e. The molecule has 4 rings (SSSR count). The average Bonchev–Trinajstić information content (AvgIpc) is 2.76. The van der Waals surface area contributed by atoms with Crippen LogP contribution in [0.2, 0.25) is 0 Å². The Bertz CT molecular complexity index is 1090. The Kier molecular flexibility index (Phi) is 5.76. The zero-order valence-corrected chi connectivity index (χ0v) is 16.9. The molecule has 0 spiro atoms. The molecular formula is C22H25N5O3. The fraction of sp³-hybridized carbons (Fsp3) is 0.364. The lowest BCUT2D eigenvalue weighted by atomic mass is 9.95. The van der Waals surface area contributed by atoms with Gasteiger partial charge in [0.1, 0.15) is 5.65 Å². The summed E-state index contributed by atoms with van der Waals surface area (Å²) in [5, 5.41) is 14.8. The highest BCUT2D eigenvalue weighted by Crippen LogP contribution is 2.28. The summed E-state index contributed by atoms with van der Waals surface area (Å²) in [6.07, 6.45) is 3.74. The summed E-state index contributed by atoms with van der Waals surface area (Å²) in [6.45, 7) is 4.63. The van der Waals surface area contributed by atoms with Gasteiger partial charge in [-0.25, -0.2) is 4.98 Å². The van der Waals surface area contributed by atoms with Gasteiger partial charge < -0.3 is 5.32 Å². The Morgan fingerprint density at radius 1 is 1.17 bits per heavy atom. The van der Waals surface area contributed by atoms with Crippen LogP contribution in [-0.2, 0) is 0 Å². The first-order valence-electron chi connectivity index (χ1n) is 10.2. The molecule has 0 aliphatic carbocycles. The molecule has 156 valence electrons. The van der Waals surface area contributed by atoms with Gasteiger partial charge in [0.05, 0.1) is 11.0 Å². The van der Waals surface area contributed by atoms with E-state index >= 15 is 0 Å². The molecule has 0 amide bonds. The molecule has 1 aliphatic heterocycles. The van der Waals surface area contributed by atoms with E-state index in [0.717, 1.165) is 31.5 Å². The molecule has 8 nitrogen and oxygen atoms in total. The molecular weight excluding hydrogens is 382 g/mol. The highest BCUT2D eigenvalue weighted by atomic mass is 16.6. The number of pyridine rings is 1. The highest BCUT2D eigenvalue weighted by molar-refractivity contribution is 5.60. The molecule has 1 fully saturated rings. The fourth-order valence-electron chi connectivity index (χ4n) is 4.03. The summed E-state index contributed by atoms with van der Waals surface area (Å²) < 4.78 is 1.20. The van der Waals surface area contributed by atoms with Crippen molar-refractivity contribution in [3.05, 3.63) is 80.8 Å². The minimum Gasteiger partial charge on any atom is -0.362 e. The van der Waals surface area contributed by atoms with E-state index in [-0.39, 0.29) is 11.9 Å². The number of anilines is 1. The van der Waals surface area contributed by atoms with Gasteiger partial charge in [0.25, 0.3) is 0 Å². The molecule has 0 radical (unpaired) electrons. The van der Waals surface area contributed by atoms with Crippen molar-refractivity contribution in [1.82, 2.24) is 14.3 Å². The lowest BCUT2D eigenvalue weighted by molar-refractivity contribution is -0.385. The Morgan fingerprint density at radius 3 is 2.57 bits per heavy atom. The number of hydrogen-bond acceptors (Lipinski definition) is 6.